The summed E-state index contributed by atoms with van der Waals surface area (Å²) >= 11 is 2.68. The molecular formula is C17H17N5O2S2. The smallest absolute Gasteiger partial charge is 0.267 e. The average molecular weight is 387 g/mol. The van der Waals surface area contributed by atoms with Crippen molar-refractivity contribution in [3.63, 3.8) is 0 Å². The number of likely N-dealkylation sites (tertiary alicyclic amines) is 1. The second-order valence-electron chi connectivity index (χ2n) is 6.27. The Labute approximate surface area is 157 Å². The molecule has 1 unspecified atom stereocenters. The van der Waals surface area contributed by atoms with E-state index in [1.165, 1.54) is 6.07 Å². The van der Waals surface area contributed by atoms with Gasteiger partial charge in [0.15, 0.2) is 0 Å². The molecule has 1 saturated heterocycles. The molecule has 0 aromatic carbocycles. The summed E-state index contributed by atoms with van der Waals surface area (Å²) < 4.78 is 3.85. The van der Waals surface area contributed by atoms with Gasteiger partial charge in [-0.2, -0.15) is 0 Å². The van der Waals surface area contributed by atoms with Crippen LogP contribution >= 0.6 is 22.9 Å². The van der Waals surface area contributed by atoms with Crippen LogP contribution in [0.3, 0.4) is 0 Å². The van der Waals surface area contributed by atoms with Gasteiger partial charge in [-0.1, -0.05) is 10.6 Å². The number of hydrogen-bond acceptors (Lipinski definition) is 7. The van der Waals surface area contributed by atoms with E-state index < -0.39 is 0 Å². The first kappa shape index (κ1) is 17.0. The zero-order valence-electron chi connectivity index (χ0n) is 14.1. The van der Waals surface area contributed by atoms with Crippen LogP contribution in [0.2, 0.25) is 0 Å². The molecule has 3 aromatic heterocycles. The fraction of sp³-hybridized carbons (Fsp3) is 0.353. The van der Waals surface area contributed by atoms with Gasteiger partial charge in [0.1, 0.15) is 10.7 Å². The van der Waals surface area contributed by atoms with Crippen LogP contribution in [0.15, 0.2) is 28.4 Å². The summed E-state index contributed by atoms with van der Waals surface area (Å²) in [5.41, 5.74) is 1.18. The lowest BCUT2D eigenvalue weighted by molar-refractivity contribution is 0.0708. The molecule has 7 nitrogen and oxygen atoms in total. The number of hydrogen-bond donors (Lipinski definition) is 1. The van der Waals surface area contributed by atoms with Crippen LogP contribution in [0.4, 0.5) is 0 Å². The predicted molar refractivity (Wildman–Crippen MR) is 101 cm³/mol. The lowest BCUT2D eigenvalue weighted by atomic mass is 9.96. The van der Waals surface area contributed by atoms with Crippen molar-refractivity contribution in [1.82, 2.24) is 24.5 Å². The van der Waals surface area contributed by atoms with E-state index in [4.69, 9.17) is 0 Å². The van der Waals surface area contributed by atoms with Crippen molar-refractivity contribution < 1.29 is 4.79 Å². The zero-order chi connectivity index (χ0) is 18.1. The van der Waals surface area contributed by atoms with Crippen molar-refractivity contribution in [3.8, 4) is 10.6 Å². The maximum absolute atomic E-state index is 12.7. The summed E-state index contributed by atoms with van der Waals surface area (Å²) in [6.07, 6.45) is 1.76. The van der Waals surface area contributed by atoms with E-state index in [0.717, 1.165) is 29.3 Å². The molecule has 1 atom stereocenters. The second-order valence-corrected chi connectivity index (χ2v) is 7.97. The van der Waals surface area contributed by atoms with Gasteiger partial charge >= 0.3 is 0 Å². The van der Waals surface area contributed by atoms with Gasteiger partial charge in [-0.15, -0.1) is 16.4 Å². The van der Waals surface area contributed by atoms with Crippen molar-refractivity contribution in [2.45, 2.75) is 25.7 Å². The Bertz CT molecular complexity index is 979. The highest BCUT2D eigenvalue weighted by atomic mass is 32.1. The van der Waals surface area contributed by atoms with Gasteiger partial charge in [0.2, 0.25) is 0 Å². The van der Waals surface area contributed by atoms with Crippen LogP contribution in [0.1, 0.15) is 39.9 Å². The molecule has 0 aliphatic carbocycles. The number of aryl methyl sites for hydroxylation is 1. The Morgan fingerprint density at radius 3 is 3.04 bits per heavy atom. The minimum atomic E-state index is -0.163. The summed E-state index contributed by atoms with van der Waals surface area (Å²) in [6.45, 7) is 3.02. The Morgan fingerprint density at radius 2 is 2.31 bits per heavy atom. The van der Waals surface area contributed by atoms with Crippen molar-refractivity contribution >= 4 is 28.8 Å². The topological polar surface area (TPSA) is 91.8 Å². The molecule has 4 rings (SSSR count). The van der Waals surface area contributed by atoms with E-state index in [-0.39, 0.29) is 17.4 Å². The molecule has 1 aliphatic rings. The molecule has 1 amide bonds. The van der Waals surface area contributed by atoms with Crippen LogP contribution in [-0.4, -0.2) is 43.5 Å². The van der Waals surface area contributed by atoms with Crippen LogP contribution in [0.25, 0.3) is 10.6 Å². The SMILES string of the molecule is Cc1nnsc1C(=O)N1CCCC(c2nc(-c3cccs3)cc(=O)[nH]2)C1. The Kier molecular flexibility index (Phi) is 4.64. The fourth-order valence-corrected chi connectivity index (χ4v) is 4.49. The molecule has 1 N–H and O–H groups in total. The molecule has 3 aromatic rings. The first-order valence-electron chi connectivity index (χ1n) is 8.35. The number of H-pyrrole nitrogens is 1. The highest BCUT2D eigenvalue weighted by Gasteiger charge is 2.29. The fourth-order valence-electron chi connectivity index (χ4n) is 3.18. The van der Waals surface area contributed by atoms with Gasteiger partial charge in [-0.25, -0.2) is 4.98 Å². The quantitative estimate of drug-likeness (QED) is 0.746. The third-order valence-electron chi connectivity index (χ3n) is 4.47. The molecule has 0 radical (unpaired) electrons. The first-order valence-corrected chi connectivity index (χ1v) is 10.0. The van der Waals surface area contributed by atoms with E-state index >= 15 is 0 Å². The number of carbonyl (C=O) groups is 1. The summed E-state index contributed by atoms with van der Waals surface area (Å²) in [7, 11) is 0. The second kappa shape index (κ2) is 7.08. The van der Waals surface area contributed by atoms with E-state index in [9.17, 15) is 9.59 Å². The minimum Gasteiger partial charge on any atom is -0.337 e. The number of aromatic nitrogens is 4. The van der Waals surface area contributed by atoms with Crippen molar-refractivity contribution in [3.05, 3.63) is 50.3 Å². The van der Waals surface area contributed by atoms with Gasteiger partial charge in [0, 0.05) is 25.1 Å². The number of nitrogens with zero attached hydrogens (tertiary/aromatic N) is 4. The average Bonchev–Trinajstić information content (AvgIpc) is 3.32. The Balaban J connectivity index is 1.59. The normalized spacial score (nSPS) is 17.4. The molecule has 134 valence electrons. The molecule has 1 fully saturated rings. The standard InChI is InChI=1S/C17H17N5O2S2/c1-10-15(26-21-20-10)17(24)22-6-2-4-11(9-22)16-18-12(8-14(23)19-16)13-5-3-7-25-13/h3,5,7-8,11H,2,4,6,9H2,1H3,(H,18,19,23). The van der Waals surface area contributed by atoms with Crippen LogP contribution < -0.4 is 5.56 Å². The number of piperidine rings is 1. The van der Waals surface area contributed by atoms with Crippen molar-refractivity contribution in [2.24, 2.45) is 0 Å². The molecule has 0 spiro atoms. The van der Waals surface area contributed by atoms with Gasteiger partial charge in [0.05, 0.1) is 16.3 Å². The van der Waals surface area contributed by atoms with Crippen molar-refractivity contribution in [1.29, 1.82) is 0 Å². The summed E-state index contributed by atoms with van der Waals surface area (Å²) in [5.74, 6) is 0.623. The Hall–Kier alpha value is -2.39. The third-order valence-corrected chi connectivity index (χ3v) is 6.18. The summed E-state index contributed by atoms with van der Waals surface area (Å²) in [5, 5.41) is 5.89. The Morgan fingerprint density at radius 1 is 1.42 bits per heavy atom. The van der Waals surface area contributed by atoms with E-state index in [0.29, 0.717) is 35.2 Å². The van der Waals surface area contributed by atoms with E-state index in [1.54, 1.807) is 18.3 Å². The lowest BCUT2D eigenvalue weighted by Crippen LogP contribution is -2.39. The summed E-state index contributed by atoms with van der Waals surface area (Å²) in [4.78, 5) is 35.7. The first-order chi connectivity index (χ1) is 12.6. The van der Waals surface area contributed by atoms with Gasteiger partial charge in [-0.05, 0) is 42.7 Å². The number of rotatable bonds is 3. The number of carbonyl (C=O) groups excluding carboxylic acids is 1. The predicted octanol–water partition coefficient (Wildman–Crippen LogP) is 2.68. The number of thiophene rings is 1. The molecule has 1 aliphatic heterocycles. The zero-order valence-corrected chi connectivity index (χ0v) is 15.8. The monoisotopic (exact) mass is 387 g/mol. The van der Waals surface area contributed by atoms with Gasteiger partial charge in [-0.3, -0.25) is 9.59 Å². The van der Waals surface area contributed by atoms with Crippen LogP contribution in [0, 0.1) is 6.92 Å². The largest absolute Gasteiger partial charge is 0.337 e. The molecule has 26 heavy (non-hydrogen) atoms. The molecule has 0 bridgehead atoms. The summed E-state index contributed by atoms with van der Waals surface area (Å²) in [6, 6.07) is 5.41. The van der Waals surface area contributed by atoms with Crippen LogP contribution in [0.5, 0.6) is 0 Å². The molecule has 9 heteroatoms. The highest BCUT2D eigenvalue weighted by molar-refractivity contribution is 7.13. The van der Waals surface area contributed by atoms with Gasteiger partial charge < -0.3 is 9.88 Å². The molecule has 4 heterocycles. The maximum atomic E-state index is 12.7. The van der Waals surface area contributed by atoms with Crippen molar-refractivity contribution in [2.75, 3.05) is 13.1 Å². The highest BCUT2D eigenvalue weighted by Crippen LogP contribution is 2.28. The van der Waals surface area contributed by atoms with E-state index in [2.05, 4.69) is 19.6 Å². The van der Waals surface area contributed by atoms with E-state index in [1.807, 2.05) is 22.4 Å². The van der Waals surface area contributed by atoms with Crippen LogP contribution in [-0.2, 0) is 0 Å². The minimum absolute atomic E-state index is 0.0153. The molecular weight excluding hydrogens is 370 g/mol. The number of nitrogens with one attached hydrogen (secondary N) is 1. The number of aromatic amines is 1. The van der Waals surface area contributed by atoms with Gasteiger partial charge in [0.25, 0.3) is 11.5 Å². The molecule has 0 saturated carbocycles. The number of amides is 1. The maximum Gasteiger partial charge on any atom is 0.267 e. The third kappa shape index (κ3) is 3.32. The lowest BCUT2D eigenvalue weighted by Gasteiger charge is -2.32.